The van der Waals surface area contributed by atoms with Crippen LogP contribution in [0.2, 0.25) is 0 Å². The summed E-state index contributed by atoms with van der Waals surface area (Å²) in [5.74, 6) is -0.887. The van der Waals surface area contributed by atoms with Crippen LogP contribution in [-0.4, -0.2) is 63.4 Å². The van der Waals surface area contributed by atoms with E-state index < -0.39 is 23.6 Å². The number of hydrogen-bond donors (Lipinski definition) is 1. The Hall–Kier alpha value is -2.55. The van der Waals surface area contributed by atoms with Gasteiger partial charge in [0.15, 0.2) is 5.78 Å². The summed E-state index contributed by atoms with van der Waals surface area (Å²) in [4.78, 5) is 51.9. The molecule has 0 radical (unpaired) electrons. The number of rotatable bonds is 7. The average molecular weight is 505 g/mol. The van der Waals surface area contributed by atoms with E-state index in [4.69, 9.17) is 9.47 Å². The number of ketones is 1. The van der Waals surface area contributed by atoms with Crippen LogP contribution in [0.4, 0.5) is 4.79 Å². The first-order valence-electron chi connectivity index (χ1n) is 11.9. The molecule has 4 atom stereocenters. The first-order valence-corrected chi connectivity index (χ1v) is 12.9. The zero-order valence-corrected chi connectivity index (χ0v) is 22.1. The topological polar surface area (TPSA) is 102 Å². The van der Waals surface area contributed by atoms with Gasteiger partial charge in [0, 0.05) is 17.7 Å². The summed E-state index contributed by atoms with van der Waals surface area (Å²) in [7, 11) is 0. The largest absolute Gasteiger partial charge is 0.459 e. The number of esters is 1. The molecule has 2 saturated heterocycles. The van der Waals surface area contributed by atoms with Crippen LogP contribution in [0, 0.1) is 5.41 Å². The normalized spacial score (nSPS) is 23.0. The Bertz CT molecular complexity index is 953. The fraction of sp³-hybridized carbons (Fsp3) is 0.615. The molecule has 35 heavy (non-hydrogen) atoms. The fourth-order valence-electron chi connectivity index (χ4n) is 4.09. The number of ether oxygens (including phenoxy) is 2. The van der Waals surface area contributed by atoms with Crippen molar-refractivity contribution >= 4 is 35.5 Å². The van der Waals surface area contributed by atoms with Gasteiger partial charge in [0.1, 0.15) is 23.5 Å². The van der Waals surface area contributed by atoms with Crippen LogP contribution < -0.4 is 5.32 Å². The molecular formula is C26H36N2O6S. The second kappa shape index (κ2) is 10.6. The molecule has 1 aromatic rings. The van der Waals surface area contributed by atoms with Gasteiger partial charge >= 0.3 is 12.1 Å². The molecule has 2 aliphatic heterocycles. The van der Waals surface area contributed by atoms with E-state index in [0.29, 0.717) is 6.42 Å². The predicted molar refractivity (Wildman–Crippen MR) is 134 cm³/mol. The SMILES string of the molecule is CC(C)(C)CC(NC(=O)C1CC(=O)CN1C(=O)OCc1ccccc1)C1SC1C(=O)OC(C)(C)C. The van der Waals surface area contributed by atoms with Gasteiger partial charge in [0.2, 0.25) is 5.91 Å². The van der Waals surface area contributed by atoms with E-state index in [2.05, 4.69) is 26.1 Å². The molecule has 0 spiro atoms. The third-order valence-electron chi connectivity index (χ3n) is 5.61. The Labute approximate surface area is 211 Å². The van der Waals surface area contributed by atoms with E-state index in [0.717, 1.165) is 5.56 Å². The van der Waals surface area contributed by atoms with Crippen molar-refractivity contribution in [2.45, 2.75) is 89.2 Å². The summed E-state index contributed by atoms with van der Waals surface area (Å²) in [6.07, 6.45) is -0.115. The molecule has 192 valence electrons. The van der Waals surface area contributed by atoms with E-state index >= 15 is 0 Å². The molecule has 4 unspecified atom stereocenters. The van der Waals surface area contributed by atoms with Gasteiger partial charge in [-0.25, -0.2) is 4.79 Å². The van der Waals surface area contributed by atoms with Gasteiger partial charge in [-0.15, -0.1) is 11.8 Å². The highest BCUT2D eigenvalue weighted by molar-refractivity contribution is 8.08. The maximum absolute atomic E-state index is 13.3. The van der Waals surface area contributed by atoms with Crippen molar-refractivity contribution < 1.29 is 28.7 Å². The molecule has 1 aromatic carbocycles. The Morgan fingerprint density at radius 2 is 1.77 bits per heavy atom. The molecule has 9 heteroatoms. The van der Waals surface area contributed by atoms with Crippen LogP contribution in [0.15, 0.2) is 30.3 Å². The number of nitrogens with one attached hydrogen (secondary N) is 1. The highest BCUT2D eigenvalue weighted by Crippen LogP contribution is 2.47. The van der Waals surface area contributed by atoms with Gasteiger partial charge in [-0.2, -0.15) is 0 Å². The highest BCUT2D eigenvalue weighted by atomic mass is 32.2. The molecule has 8 nitrogen and oxygen atoms in total. The van der Waals surface area contributed by atoms with Crippen LogP contribution in [0.25, 0.3) is 0 Å². The summed E-state index contributed by atoms with van der Waals surface area (Å²) in [5.41, 5.74) is 0.120. The lowest BCUT2D eigenvalue weighted by atomic mass is 9.86. The Balaban J connectivity index is 1.65. The number of nitrogens with zero attached hydrogens (tertiary/aromatic N) is 1. The summed E-state index contributed by atoms with van der Waals surface area (Å²) in [6.45, 7) is 11.6. The maximum Gasteiger partial charge on any atom is 0.411 e. The Morgan fingerprint density at radius 3 is 2.37 bits per heavy atom. The zero-order chi connectivity index (χ0) is 26.0. The lowest BCUT2D eigenvalue weighted by Crippen LogP contribution is -2.51. The summed E-state index contributed by atoms with van der Waals surface area (Å²) >= 11 is 1.47. The minimum atomic E-state index is -0.933. The van der Waals surface area contributed by atoms with Gasteiger partial charge in [-0.3, -0.25) is 19.3 Å². The average Bonchev–Trinajstić information content (AvgIpc) is 3.45. The van der Waals surface area contributed by atoms with Crippen molar-refractivity contribution in [1.82, 2.24) is 10.2 Å². The van der Waals surface area contributed by atoms with E-state index in [1.807, 2.05) is 51.1 Å². The highest BCUT2D eigenvalue weighted by Gasteiger charge is 2.52. The number of carbonyl (C=O) groups excluding carboxylic acids is 4. The molecule has 0 saturated carbocycles. The first kappa shape index (κ1) is 27.0. The molecule has 1 N–H and O–H groups in total. The van der Waals surface area contributed by atoms with Gasteiger partial charge in [-0.05, 0) is 38.2 Å². The number of amides is 2. The van der Waals surface area contributed by atoms with Gasteiger partial charge in [-0.1, -0.05) is 51.1 Å². The number of thioether (sulfide) groups is 1. The number of Topliss-reactive ketones (excluding diaryl/α,β-unsaturated/α-hetero) is 1. The van der Waals surface area contributed by atoms with Gasteiger partial charge < -0.3 is 14.8 Å². The lowest BCUT2D eigenvalue weighted by Gasteiger charge is -2.29. The first-order chi connectivity index (χ1) is 16.2. The van der Waals surface area contributed by atoms with E-state index in [1.165, 1.54) is 16.7 Å². The predicted octanol–water partition coefficient (Wildman–Crippen LogP) is 3.71. The maximum atomic E-state index is 13.3. The van der Waals surface area contributed by atoms with Crippen molar-refractivity contribution in [2.24, 2.45) is 5.41 Å². The van der Waals surface area contributed by atoms with E-state index in [9.17, 15) is 19.2 Å². The second-order valence-corrected chi connectivity index (χ2v) is 12.7. The van der Waals surface area contributed by atoms with Crippen LogP contribution in [0.5, 0.6) is 0 Å². The smallest absolute Gasteiger partial charge is 0.411 e. The second-order valence-electron chi connectivity index (χ2n) is 11.4. The molecule has 2 heterocycles. The molecule has 3 rings (SSSR count). The fourth-order valence-corrected chi connectivity index (χ4v) is 5.15. The van der Waals surface area contributed by atoms with Crippen LogP contribution >= 0.6 is 11.8 Å². The summed E-state index contributed by atoms with van der Waals surface area (Å²) in [6, 6.07) is 7.98. The molecule has 0 aliphatic carbocycles. The number of hydrogen-bond acceptors (Lipinski definition) is 7. The summed E-state index contributed by atoms with van der Waals surface area (Å²) < 4.78 is 10.9. The standard InChI is InChI=1S/C26H36N2O6S/c1-25(2,3)13-18(20-21(35-20)23(31)34-26(4,5)6)27-22(30)19-12-17(29)14-28(19)24(32)33-15-16-10-8-7-9-11-16/h7-11,18-21H,12-15H2,1-6H3,(H,27,30). The van der Waals surface area contributed by atoms with Crippen molar-refractivity contribution in [2.75, 3.05) is 6.54 Å². The molecule has 2 amide bonds. The molecule has 0 aromatic heterocycles. The quantitative estimate of drug-likeness (QED) is 0.446. The van der Waals surface area contributed by atoms with Crippen molar-refractivity contribution in [3.05, 3.63) is 35.9 Å². The minimum absolute atomic E-state index is 0.0538. The molecular weight excluding hydrogens is 468 g/mol. The van der Waals surface area contributed by atoms with Crippen molar-refractivity contribution in [3.8, 4) is 0 Å². The van der Waals surface area contributed by atoms with Crippen LogP contribution in [0.1, 0.15) is 59.9 Å². The monoisotopic (exact) mass is 504 g/mol. The number of benzene rings is 1. The van der Waals surface area contributed by atoms with E-state index in [-0.39, 0.29) is 53.3 Å². The van der Waals surface area contributed by atoms with Crippen molar-refractivity contribution in [1.29, 1.82) is 0 Å². The summed E-state index contributed by atoms with van der Waals surface area (Å²) in [5, 5.41) is 2.57. The molecule has 2 fully saturated rings. The van der Waals surface area contributed by atoms with Gasteiger partial charge in [0.25, 0.3) is 0 Å². The third-order valence-corrected chi connectivity index (χ3v) is 6.99. The van der Waals surface area contributed by atoms with Crippen LogP contribution in [0.3, 0.4) is 0 Å². The van der Waals surface area contributed by atoms with E-state index in [1.54, 1.807) is 0 Å². The lowest BCUT2D eigenvalue weighted by molar-refractivity contribution is -0.153. The van der Waals surface area contributed by atoms with Crippen molar-refractivity contribution in [3.63, 3.8) is 0 Å². The molecule has 0 bridgehead atoms. The van der Waals surface area contributed by atoms with Gasteiger partial charge in [0.05, 0.1) is 6.54 Å². The zero-order valence-electron chi connectivity index (χ0n) is 21.3. The Morgan fingerprint density at radius 1 is 1.11 bits per heavy atom. The van der Waals surface area contributed by atoms with Crippen LogP contribution in [-0.2, 0) is 30.5 Å². The Kier molecular flexibility index (Phi) is 8.19. The minimum Gasteiger partial charge on any atom is -0.459 e. The molecule has 2 aliphatic rings. The third kappa shape index (κ3) is 7.98. The number of likely N-dealkylation sites (tertiary alicyclic amines) is 1. The number of carbonyl (C=O) groups is 4.